The molecule has 1 saturated heterocycles. The van der Waals surface area contributed by atoms with E-state index in [4.69, 9.17) is 0 Å². The van der Waals surface area contributed by atoms with Gasteiger partial charge in [0.1, 0.15) is 6.04 Å². The van der Waals surface area contributed by atoms with Gasteiger partial charge in [0, 0.05) is 13.1 Å². The van der Waals surface area contributed by atoms with Gasteiger partial charge >= 0.3 is 0 Å². The van der Waals surface area contributed by atoms with Crippen LogP contribution in [0, 0.1) is 11.8 Å². The van der Waals surface area contributed by atoms with Crippen LogP contribution in [0.25, 0.3) is 0 Å². The Morgan fingerprint density at radius 2 is 2.05 bits per heavy atom. The van der Waals surface area contributed by atoms with E-state index < -0.39 is 22.2 Å². The van der Waals surface area contributed by atoms with Crippen molar-refractivity contribution in [3.05, 3.63) is 0 Å². The Morgan fingerprint density at radius 1 is 1.45 bits per heavy atom. The molecule has 6 nitrogen and oxygen atoms in total. The molecule has 0 saturated carbocycles. The number of rotatable bonds is 5. The third kappa shape index (κ3) is 5.38. The summed E-state index contributed by atoms with van der Waals surface area (Å²) in [6.45, 7) is 6.68. The summed E-state index contributed by atoms with van der Waals surface area (Å²) in [5.41, 5.74) is 0. The van der Waals surface area contributed by atoms with E-state index in [9.17, 15) is 18.3 Å². The first kappa shape index (κ1) is 17.4. The second-order valence-electron chi connectivity index (χ2n) is 6.19. The van der Waals surface area contributed by atoms with Gasteiger partial charge in [-0.2, -0.15) is 0 Å². The average molecular weight is 306 g/mol. The van der Waals surface area contributed by atoms with Crippen LogP contribution >= 0.6 is 0 Å². The van der Waals surface area contributed by atoms with Crippen molar-refractivity contribution in [2.75, 3.05) is 19.3 Å². The lowest BCUT2D eigenvalue weighted by molar-refractivity contribution is -0.137. The van der Waals surface area contributed by atoms with Crippen LogP contribution in [0.3, 0.4) is 0 Å². The fourth-order valence-corrected chi connectivity index (χ4v) is 3.11. The van der Waals surface area contributed by atoms with Crippen LogP contribution in [0.1, 0.15) is 33.6 Å². The number of β-amino-alcohol motifs (C(OH)–C–C–N with tert-alkyl or cyclic N) is 1. The van der Waals surface area contributed by atoms with Crippen molar-refractivity contribution in [1.29, 1.82) is 0 Å². The predicted octanol–water partition coefficient (Wildman–Crippen LogP) is 0.180. The number of aliphatic hydroxyl groups excluding tert-OH is 1. The van der Waals surface area contributed by atoms with E-state index in [2.05, 4.69) is 4.72 Å². The molecule has 1 amide bonds. The summed E-state index contributed by atoms with van der Waals surface area (Å²) in [5.74, 6) is 0.132. The number of carbonyl (C=O) groups excluding carboxylic acids is 1. The Labute approximate surface area is 121 Å². The Bertz CT molecular complexity index is 436. The zero-order valence-corrected chi connectivity index (χ0v) is 13.5. The molecule has 1 fully saturated rings. The lowest BCUT2D eigenvalue weighted by Crippen LogP contribution is -2.53. The highest BCUT2D eigenvalue weighted by Gasteiger charge is 2.32. The number of hydrogen-bond donors (Lipinski definition) is 2. The van der Waals surface area contributed by atoms with Gasteiger partial charge in [-0.15, -0.1) is 0 Å². The van der Waals surface area contributed by atoms with Gasteiger partial charge in [0.15, 0.2) is 0 Å². The summed E-state index contributed by atoms with van der Waals surface area (Å²) in [6, 6.07) is -0.745. The molecule has 2 N–H and O–H groups in total. The van der Waals surface area contributed by atoms with Crippen molar-refractivity contribution in [2.45, 2.75) is 45.8 Å². The summed E-state index contributed by atoms with van der Waals surface area (Å²) < 4.78 is 25.2. The quantitative estimate of drug-likeness (QED) is 0.758. The number of carbonyl (C=O) groups is 1. The molecule has 0 bridgehead atoms. The summed E-state index contributed by atoms with van der Waals surface area (Å²) >= 11 is 0. The number of nitrogens with zero attached hydrogens (tertiary/aromatic N) is 1. The molecule has 3 unspecified atom stereocenters. The Kier molecular flexibility index (Phi) is 5.97. The molecule has 118 valence electrons. The Hall–Kier alpha value is -0.660. The zero-order valence-electron chi connectivity index (χ0n) is 12.7. The second kappa shape index (κ2) is 6.87. The van der Waals surface area contributed by atoms with Crippen LogP contribution in [0.2, 0.25) is 0 Å². The number of nitrogens with one attached hydrogen (secondary N) is 1. The molecule has 7 heteroatoms. The third-order valence-corrected chi connectivity index (χ3v) is 4.30. The Morgan fingerprint density at radius 3 is 2.50 bits per heavy atom. The maximum atomic E-state index is 12.5. The number of amides is 1. The third-order valence-electron chi connectivity index (χ3n) is 3.59. The largest absolute Gasteiger partial charge is 0.391 e. The Balaban J connectivity index is 2.77. The number of aliphatic hydroxyl groups is 1. The second-order valence-corrected chi connectivity index (χ2v) is 7.97. The monoisotopic (exact) mass is 306 g/mol. The predicted molar refractivity (Wildman–Crippen MR) is 77.6 cm³/mol. The lowest BCUT2D eigenvalue weighted by atomic mass is 9.95. The molecule has 1 aliphatic heterocycles. The molecule has 0 spiro atoms. The fraction of sp³-hybridized carbons (Fsp3) is 0.923. The molecule has 0 aromatic rings. The number of piperidine rings is 1. The molecular weight excluding hydrogens is 280 g/mol. The van der Waals surface area contributed by atoms with Crippen molar-refractivity contribution in [3.8, 4) is 0 Å². The zero-order chi connectivity index (χ0) is 15.5. The van der Waals surface area contributed by atoms with Crippen LogP contribution in [0.15, 0.2) is 0 Å². The molecule has 1 heterocycles. The van der Waals surface area contributed by atoms with Crippen LogP contribution in [0.5, 0.6) is 0 Å². The standard InChI is InChI=1S/C13H26N2O4S/c1-9(2)7-11(14-20(4,18)19)13(17)15-6-5-10(3)12(16)8-15/h9-12,14,16H,5-8H2,1-4H3. The van der Waals surface area contributed by atoms with Gasteiger partial charge < -0.3 is 10.0 Å². The highest BCUT2D eigenvalue weighted by molar-refractivity contribution is 7.88. The van der Waals surface area contributed by atoms with Crippen LogP contribution < -0.4 is 4.72 Å². The molecule has 0 aromatic carbocycles. The van der Waals surface area contributed by atoms with Gasteiger partial charge in [0.2, 0.25) is 15.9 Å². The molecule has 0 aromatic heterocycles. The first-order chi connectivity index (χ1) is 9.10. The van der Waals surface area contributed by atoms with Gasteiger partial charge in [-0.1, -0.05) is 20.8 Å². The molecule has 3 atom stereocenters. The minimum Gasteiger partial charge on any atom is -0.391 e. The topological polar surface area (TPSA) is 86.7 Å². The summed E-state index contributed by atoms with van der Waals surface area (Å²) in [5, 5.41) is 9.86. The fourth-order valence-electron chi connectivity index (χ4n) is 2.40. The molecule has 1 aliphatic rings. The minimum absolute atomic E-state index is 0.172. The van der Waals surface area contributed by atoms with Crippen LogP contribution in [-0.4, -0.2) is 55.8 Å². The van der Waals surface area contributed by atoms with Gasteiger partial charge in [0.05, 0.1) is 12.4 Å². The van der Waals surface area contributed by atoms with Gasteiger partial charge in [0.25, 0.3) is 0 Å². The van der Waals surface area contributed by atoms with Gasteiger partial charge in [-0.25, -0.2) is 13.1 Å². The minimum atomic E-state index is -3.44. The number of likely N-dealkylation sites (tertiary alicyclic amines) is 1. The van der Waals surface area contributed by atoms with Crippen molar-refractivity contribution >= 4 is 15.9 Å². The van der Waals surface area contributed by atoms with Gasteiger partial charge in [-0.3, -0.25) is 4.79 Å². The van der Waals surface area contributed by atoms with E-state index in [1.54, 1.807) is 4.90 Å². The molecule has 0 radical (unpaired) electrons. The summed E-state index contributed by atoms with van der Waals surface area (Å²) in [6.07, 6.45) is 1.71. The maximum Gasteiger partial charge on any atom is 0.240 e. The van der Waals surface area contributed by atoms with Crippen LogP contribution in [0.4, 0.5) is 0 Å². The first-order valence-electron chi connectivity index (χ1n) is 7.04. The smallest absolute Gasteiger partial charge is 0.240 e. The molecule has 0 aliphatic carbocycles. The van der Waals surface area contributed by atoms with Crippen molar-refractivity contribution < 1.29 is 18.3 Å². The highest BCUT2D eigenvalue weighted by Crippen LogP contribution is 2.19. The van der Waals surface area contributed by atoms with Crippen molar-refractivity contribution in [1.82, 2.24) is 9.62 Å². The van der Waals surface area contributed by atoms with E-state index in [-0.39, 0.29) is 24.3 Å². The average Bonchev–Trinajstić information content (AvgIpc) is 2.28. The van der Waals surface area contributed by atoms with E-state index in [1.807, 2.05) is 20.8 Å². The number of hydrogen-bond acceptors (Lipinski definition) is 4. The first-order valence-corrected chi connectivity index (χ1v) is 8.93. The SMILES string of the molecule is CC(C)CC(NS(C)(=O)=O)C(=O)N1CCC(C)C(O)C1. The molecular formula is C13H26N2O4S. The van der Waals surface area contributed by atoms with Crippen LogP contribution in [-0.2, 0) is 14.8 Å². The van der Waals surface area contributed by atoms with Gasteiger partial charge in [-0.05, 0) is 24.7 Å². The number of sulfonamides is 1. The maximum absolute atomic E-state index is 12.5. The summed E-state index contributed by atoms with van der Waals surface area (Å²) in [4.78, 5) is 14.0. The van der Waals surface area contributed by atoms with Crippen molar-refractivity contribution in [3.63, 3.8) is 0 Å². The van der Waals surface area contributed by atoms with E-state index >= 15 is 0 Å². The van der Waals surface area contributed by atoms with E-state index in [1.165, 1.54) is 0 Å². The normalized spacial score (nSPS) is 25.8. The molecule has 1 rings (SSSR count). The van der Waals surface area contributed by atoms with Crippen molar-refractivity contribution in [2.24, 2.45) is 11.8 Å². The molecule has 20 heavy (non-hydrogen) atoms. The lowest BCUT2D eigenvalue weighted by Gasteiger charge is -2.36. The van der Waals surface area contributed by atoms with E-state index in [0.29, 0.717) is 13.0 Å². The summed E-state index contributed by atoms with van der Waals surface area (Å²) in [7, 11) is -3.44. The van der Waals surface area contributed by atoms with E-state index in [0.717, 1.165) is 12.7 Å². The highest BCUT2D eigenvalue weighted by atomic mass is 32.2.